The maximum absolute atomic E-state index is 12.8. The summed E-state index contributed by atoms with van der Waals surface area (Å²) in [6, 6.07) is 6.09. The number of aliphatic imine (C=N–C) groups is 1. The Morgan fingerprint density at radius 3 is 2.72 bits per heavy atom. The Morgan fingerprint density at radius 1 is 1.32 bits per heavy atom. The zero-order valence-corrected chi connectivity index (χ0v) is 15.8. The molecule has 5 nitrogen and oxygen atoms in total. The first kappa shape index (κ1) is 19.2. The molecule has 0 radical (unpaired) electrons. The Hall–Kier alpha value is -2.15. The average Bonchev–Trinajstić information content (AvgIpc) is 3.00. The number of nitrogens with one attached hydrogen (secondary N) is 1. The van der Waals surface area contributed by atoms with Gasteiger partial charge in [-0.3, -0.25) is 4.99 Å². The predicted octanol–water partition coefficient (Wildman–Crippen LogP) is 3.46. The normalized spacial score (nSPS) is 11.4. The van der Waals surface area contributed by atoms with Gasteiger partial charge in [-0.25, -0.2) is 9.37 Å². The van der Waals surface area contributed by atoms with Crippen LogP contribution in [0.25, 0.3) is 0 Å². The van der Waals surface area contributed by atoms with E-state index in [1.807, 2.05) is 14.0 Å². The first-order chi connectivity index (χ1) is 12.1. The third kappa shape index (κ3) is 6.70. The molecule has 136 valence electrons. The molecule has 1 N–H and O–H groups in total. The number of aryl methyl sites for hydroxylation is 1. The third-order valence-electron chi connectivity index (χ3n) is 3.58. The van der Waals surface area contributed by atoms with Gasteiger partial charge in [0.05, 0.1) is 23.9 Å². The Labute approximate surface area is 152 Å². The van der Waals surface area contributed by atoms with Crippen LogP contribution in [-0.2, 0) is 6.54 Å². The summed E-state index contributed by atoms with van der Waals surface area (Å²) in [4.78, 5) is 10.8. The van der Waals surface area contributed by atoms with Gasteiger partial charge in [-0.1, -0.05) is 0 Å². The van der Waals surface area contributed by atoms with Crippen LogP contribution in [0.4, 0.5) is 4.39 Å². The highest BCUT2D eigenvalue weighted by Crippen LogP contribution is 2.11. The summed E-state index contributed by atoms with van der Waals surface area (Å²) in [7, 11) is 3.78. The molecular formula is C18H25FN4OS. The van der Waals surface area contributed by atoms with Crippen LogP contribution >= 0.6 is 11.3 Å². The van der Waals surface area contributed by atoms with Gasteiger partial charge in [0, 0.05) is 26.0 Å². The van der Waals surface area contributed by atoms with E-state index in [-0.39, 0.29) is 5.82 Å². The number of hydrogen-bond acceptors (Lipinski definition) is 4. The number of guanidine groups is 1. The largest absolute Gasteiger partial charge is 0.494 e. The van der Waals surface area contributed by atoms with Crippen molar-refractivity contribution in [2.45, 2.75) is 26.3 Å². The van der Waals surface area contributed by atoms with Crippen molar-refractivity contribution < 1.29 is 9.13 Å². The van der Waals surface area contributed by atoms with Crippen LogP contribution in [0.1, 0.15) is 23.5 Å². The molecule has 2 rings (SSSR count). The van der Waals surface area contributed by atoms with E-state index >= 15 is 0 Å². The number of unbranched alkanes of at least 4 members (excludes halogenated alkanes) is 1. The molecule has 0 aliphatic rings. The van der Waals surface area contributed by atoms with Crippen molar-refractivity contribution in [3.05, 3.63) is 46.2 Å². The number of benzene rings is 1. The van der Waals surface area contributed by atoms with Crippen LogP contribution in [0, 0.1) is 12.7 Å². The minimum Gasteiger partial charge on any atom is -0.494 e. The molecule has 0 saturated carbocycles. The van der Waals surface area contributed by atoms with Crippen molar-refractivity contribution in [3.8, 4) is 5.75 Å². The zero-order chi connectivity index (χ0) is 18.1. The Balaban J connectivity index is 1.62. The molecule has 1 aromatic heterocycles. The topological polar surface area (TPSA) is 49.8 Å². The number of ether oxygens (including phenoxy) is 1. The molecule has 0 aliphatic heterocycles. The number of hydrogen-bond donors (Lipinski definition) is 1. The van der Waals surface area contributed by atoms with Gasteiger partial charge < -0.3 is 15.0 Å². The van der Waals surface area contributed by atoms with Crippen molar-refractivity contribution in [2.75, 3.05) is 27.2 Å². The smallest absolute Gasteiger partial charge is 0.193 e. The summed E-state index contributed by atoms with van der Waals surface area (Å²) in [5, 5.41) is 6.50. The van der Waals surface area contributed by atoms with Crippen LogP contribution in [-0.4, -0.2) is 43.1 Å². The van der Waals surface area contributed by atoms with Gasteiger partial charge in [-0.05, 0) is 44.0 Å². The summed E-state index contributed by atoms with van der Waals surface area (Å²) >= 11 is 1.66. The van der Waals surface area contributed by atoms with Crippen molar-refractivity contribution in [3.63, 3.8) is 0 Å². The fourth-order valence-corrected chi connectivity index (χ4v) is 2.94. The van der Waals surface area contributed by atoms with E-state index in [0.717, 1.165) is 42.6 Å². The molecule has 0 saturated heterocycles. The van der Waals surface area contributed by atoms with Crippen LogP contribution in [0.2, 0.25) is 0 Å². The Kier molecular flexibility index (Phi) is 7.66. The standard InChI is InChI=1S/C18H25FN4OS/c1-14-22-16(13-25-14)12-23(3)18(20-2)21-10-4-5-11-24-17-8-6-15(19)7-9-17/h6-9,13H,4-5,10-12H2,1-3H3,(H,20,21). The minimum atomic E-state index is -0.250. The third-order valence-corrected chi connectivity index (χ3v) is 4.40. The van der Waals surface area contributed by atoms with Gasteiger partial charge in [0.1, 0.15) is 11.6 Å². The highest BCUT2D eigenvalue weighted by Gasteiger charge is 2.08. The zero-order valence-electron chi connectivity index (χ0n) is 15.0. The van der Waals surface area contributed by atoms with E-state index in [1.165, 1.54) is 12.1 Å². The maximum atomic E-state index is 12.8. The lowest BCUT2D eigenvalue weighted by Crippen LogP contribution is -2.39. The summed E-state index contributed by atoms with van der Waals surface area (Å²) in [6.07, 6.45) is 1.88. The molecule has 0 aliphatic carbocycles. The van der Waals surface area contributed by atoms with E-state index in [2.05, 4.69) is 25.6 Å². The molecule has 1 aromatic carbocycles. The highest BCUT2D eigenvalue weighted by molar-refractivity contribution is 7.09. The molecule has 0 amide bonds. The average molecular weight is 364 g/mol. The van der Waals surface area contributed by atoms with Crippen LogP contribution in [0.5, 0.6) is 5.75 Å². The number of rotatable bonds is 8. The fraction of sp³-hybridized carbons (Fsp3) is 0.444. The van der Waals surface area contributed by atoms with E-state index < -0.39 is 0 Å². The van der Waals surface area contributed by atoms with Crippen LogP contribution in [0.15, 0.2) is 34.6 Å². The molecule has 0 bridgehead atoms. The second kappa shape index (κ2) is 9.98. The number of thiazole rings is 1. The maximum Gasteiger partial charge on any atom is 0.193 e. The minimum absolute atomic E-state index is 0.250. The molecule has 0 spiro atoms. The van der Waals surface area contributed by atoms with Gasteiger partial charge in [-0.15, -0.1) is 11.3 Å². The van der Waals surface area contributed by atoms with Crippen molar-refractivity contribution in [1.82, 2.24) is 15.2 Å². The number of nitrogens with zero attached hydrogens (tertiary/aromatic N) is 3. The van der Waals surface area contributed by atoms with Crippen molar-refractivity contribution in [2.24, 2.45) is 4.99 Å². The number of halogens is 1. The summed E-state index contributed by atoms with van der Waals surface area (Å²) in [5.74, 6) is 1.30. The first-order valence-corrected chi connectivity index (χ1v) is 9.17. The lowest BCUT2D eigenvalue weighted by atomic mass is 10.3. The summed E-state index contributed by atoms with van der Waals surface area (Å²) < 4.78 is 18.4. The van der Waals surface area contributed by atoms with Crippen molar-refractivity contribution in [1.29, 1.82) is 0 Å². The Morgan fingerprint density at radius 2 is 2.08 bits per heavy atom. The lowest BCUT2D eigenvalue weighted by Gasteiger charge is -2.21. The summed E-state index contributed by atoms with van der Waals surface area (Å²) in [6.45, 7) is 4.17. The summed E-state index contributed by atoms with van der Waals surface area (Å²) in [5.41, 5.74) is 1.06. The van der Waals surface area contributed by atoms with E-state index in [0.29, 0.717) is 12.4 Å². The second-order valence-electron chi connectivity index (χ2n) is 5.70. The molecule has 7 heteroatoms. The molecule has 0 atom stereocenters. The van der Waals surface area contributed by atoms with Crippen LogP contribution < -0.4 is 10.1 Å². The molecule has 0 fully saturated rings. The van der Waals surface area contributed by atoms with Crippen molar-refractivity contribution >= 4 is 17.3 Å². The lowest BCUT2D eigenvalue weighted by molar-refractivity contribution is 0.306. The molecule has 0 unspecified atom stereocenters. The fourth-order valence-electron chi connectivity index (χ4n) is 2.33. The van der Waals surface area contributed by atoms with Gasteiger partial charge in [0.15, 0.2) is 5.96 Å². The van der Waals surface area contributed by atoms with Gasteiger partial charge in [-0.2, -0.15) is 0 Å². The molecule has 2 aromatic rings. The first-order valence-electron chi connectivity index (χ1n) is 8.29. The Bertz CT molecular complexity index is 672. The van der Waals surface area contributed by atoms with E-state index in [1.54, 1.807) is 30.5 Å². The van der Waals surface area contributed by atoms with Gasteiger partial charge in [0.25, 0.3) is 0 Å². The number of aromatic nitrogens is 1. The predicted molar refractivity (Wildman–Crippen MR) is 101 cm³/mol. The van der Waals surface area contributed by atoms with Crippen LogP contribution in [0.3, 0.4) is 0 Å². The molecule has 1 heterocycles. The monoisotopic (exact) mass is 364 g/mol. The van der Waals surface area contributed by atoms with Gasteiger partial charge >= 0.3 is 0 Å². The second-order valence-corrected chi connectivity index (χ2v) is 6.76. The van der Waals surface area contributed by atoms with E-state index in [9.17, 15) is 4.39 Å². The SMILES string of the molecule is CN=C(NCCCCOc1ccc(F)cc1)N(C)Cc1csc(C)n1. The van der Waals surface area contributed by atoms with E-state index in [4.69, 9.17) is 4.74 Å². The molecular weight excluding hydrogens is 339 g/mol. The quantitative estimate of drug-likeness (QED) is 0.443. The highest BCUT2D eigenvalue weighted by atomic mass is 32.1. The van der Waals surface area contributed by atoms with Gasteiger partial charge in [0.2, 0.25) is 0 Å². The molecule has 25 heavy (non-hydrogen) atoms.